The normalized spacial score (nSPS) is 29.3. The summed E-state index contributed by atoms with van der Waals surface area (Å²) < 4.78 is 5.63. The molecule has 2 aliphatic heterocycles. The first-order chi connectivity index (χ1) is 10.7. The summed E-state index contributed by atoms with van der Waals surface area (Å²) in [5.74, 6) is 1.02. The molecule has 23 heavy (non-hydrogen) atoms. The van der Waals surface area contributed by atoms with Crippen molar-refractivity contribution in [2.75, 3.05) is 19.6 Å². The van der Waals surface area contributed by atoms with E-state index < -0.39 is 5.60 Å². The average molecular weight is 324 g/mol. The molecule has 0 aliphatic carbocycles. The van der Waals surface area contributed by atoms with Crippen molar-refractivity contribution in [1.82, 2.24) is 9.80 Å². The Morgan fingerprint density at radius 2 is 1.78 bits per heavy atom. The lowest BCUT2D eigenvalue weighted by Gasteiger charge is -2.45. The third-order valence-electron chi connectivity index (χ3n) is 4.94. The standard InChI is InChI=1S/C18H32N2O3/c1-13-8-9-16(15-7-6-10-19(12-15)14(2)21)20(11-13)17(22)23-18(3,4)5/h13,15-16H,6-12H2,1-5H3. The van der Waals surface area contributed by atoms with Crippen molar-refractivity contribution in [2.24, 2.45) is 11.8 Å². The monoisotopic (exact) mass is 324 g/mol. The van der Waals surface area contributed by atoms with Gasteiger partial charge in [-0.3, -0.25) is 4.79 Å². The van der Waals surface area contributed by atoms with Crippen LogP contribution in [0.1, 0.15) is 60.3 Å². The van der Waals surface area contributed by atoms with Gasteiger partial charge in [0.25, 0.3) is 0 Å². The third-order valence-corrected chi connectivity index (χ3v) is 4.94. The number of piperidine rings is 2. The van der Waals surface area contributed by atoms with Crippen molar-refractivity contribution >= 4 is 12.0 Å². The fourth-order valence-electron chi connectivity index (χ4n) is 3.80. The van der Waals surface area contributed by atoms with Crippen molar-refractivity contribution in [3.8, 4) is 0 Å². The van der Waals surface area contributed by atoms with Gasteiger partial charge in [-0.05, 0) is 58.3 Å². The summed E-state index contributed by atoms with van der Waals surface area (Å²) in [6.45, 7) is 11.9. The minimum absolute atomic E-state index is 0.141. The SMILES string of the molecule is CC(=O)N1CCCC(C2CCC(C)CN2C(=O)OC(C)(C)C)C1. The highest BCUT2D eigenvalue weighted by molar-refractivity contribution is 5.73. The maximum absolute atomic E-state index is 12.7. The lowest BCUT2D eigenvalue weighted by Crippen LogP contribution is -2.54. The van der Waals surface area contributed by atoms with E-state index in [0.717, 1.165) is 45.3 Å². The molecular weight excluding hydrogens is 292 g/mol. The van der Waals surface area contributed by atoms with Gasteiger partial charge >= 0.3 is 6.09 Å². The Bertz CT molecular complexity index is 444. The van der Waals surface area contributed by atoms with Gasteiger partial charge in [-0.25, -0.2) is 4.79 Å². The van der Waals surface area contributed by atoms with Crippen molar-refractivity contribution in [3.05, 3.63) is 0 Å². The molecular formula is C18H32N2O3. The minimum Gasteiger partial charge on any atom is -0.444 e. The van der Waals surface area contributed by atoms with E-state index in [2.05, 4.69) is 6.92 Å². The largest absolute Gasteiger partial charge is 0.444 e. The van der Waals surface area contributed by atoms with E-state index in [-0.39, 0.29) is 18.0 Å². The average Bonchev–Trinajstić information content (AvgIpc) is 2.45. The Labute approximate surface area is 140 Å². The van der Waals surface area contributed by atoms with Gasteiger partial charge in [0.15, 0.2) is 0 Å². The molecule has 3 atom stereocenters. The molecule has 5 nitrogen and oxygen atoms in total. The molecule has 2 rings (SSSR count). The molecule has 0 spiro atoms. The van der Waals surface area contributed by atoms with Crippen LogP contribution in [-0.2, 0) is 9.53 Å². The van der Waals surface area contributed by atoms with Gasteiger partial charge in [-0.2, -0.15) is 0 Å². The van der Waals surface area contributed by atoms with Gasteiger partial charge in [0.1, 0.15) is 5.60 Å². The quantitative estimate of drug-likeness (QED) is 0.744. The summed E-state index contributed by atoms with van der Waals surface area (Å²) in [6, 6.07) is 0.197. The van der Waals surface area contributed by atoms with E-state index in [9.17, 15) is 9.59 Å². The lowest BCUT2D eigenvalue weighted by molar-refractivity contribution is -0.131. The minimum atomic E-state index is -0.472. The fourth-order valence-corrected chi connectivity index (χ4v) is 3.80. The van der Waals surface area contributed by atoms with E-state index in [1.807, 2.05) is 30.6 Å². The van der Waals surface area contributed by atoms with Crippen LogP contribution in [0.15, 0.2) is 0 Å². The molecule has 0 aromatic rings. The first-order valence-corrected chi connectivity index (χ1v) is 8.92. The van der Waals surface area contributed by atoms with Crippen LogP contribution >= 0.6 is 0 Å². The number of carbonyl (C=O) groups excluding carboxylic acids is 2. The van der Waals surface area contributed by atoms with Gasteiger partial charge in [0.2, 0.25) is 5.91 Å². The van der Waals surface area contributed by atoms with Crippen LogP contribution < -0.4 is 0 Å². The highest BCUT2D eigenvalue weighted by Gasteiger charge is 2.39. The molecule has 0 N–H and O–H groups in total. The van der Waals surface area contributed by atoms with Crippen LogP contribution in [0, 0.1) is 11.8 Å². The Hall–Kier alpha value is -1.26. The summed E-state index contributed by atoms with van der Waals surface area (Å²) in [7, 11) is 0. The lowest BCUT2D eigenvalue weighted by atomic mass is 9.82. The molecule has 0 bridgehead atoms. The van der Waals surface area contributed by atoms with Crippen LogP contribution in [0.4, 0.5) is 4.79 Å². The van der Waals surface area contributed by atoms with Gasteiger partial charge in [0, 0.05) is 32.6 Å². The number of hydrogen-bond acceptors (Lipinski definition) is 3. The van der Waals surface area contributed by atoms with Crippen molar-refractivity contribution in [1.29, 1.82) is 0 Å². The number of rotatable bonds is 1. The Morgan fingerprint density at radius 1 is 1.09 bits per heavy atom. The van der Waals surface area contributed by atoms with E-state index in [1.54, 1.807) is 6.92 Å². The molecule has 2 fully saturated rings. The summed E-state index contributed by atoms with van der Waals surface area (Å²) >= 11 is 0. The summed E-state index contributed by atoms with van der Waals surface area (Å²) in [5, 5.41) is 0. The van der Waals surface area contributed by atoms with Crippen LogP contribution in [-0.4, -0.2) is 53.1 Å². The molecule has 3 unspecified atom stereocenters. The van der Waals surface area contributed by atoms with Gasteiger partial charge in [-0.15, -0.1) is 0 Å². The Balaban J connectivity index is 2.10. The zero-order valence-electron chi connectivity index (χ0n) is 15.3. The number of ether oxygens (including phenoxy) is 1. The molecule has 5 heteroatoms. The maximum atomic E-state index is 12.7. The van der Waals surface area contributed by atoms with Crippen LogP contribution in [0.5, 0.6) is 0 Å². The summed E-state index contributed by atoms with van der Waals surface area (Å²) in [5.41, 5.74) is -0.472. The molecule has 0 aromatic carbocycles. The molecule has 0 aromatic heterocycles. The van der Waals surface area contributed by atoms with E-state index in [4.69, 9.17) is 4.74 Å². The molecule has 0 radical (unpaired) electrons. The van der Waals surface area contributed by atoms with Gasteiger partial charge < -0.3 is 14.5 Å². The number of hydrogen-bond donors (Lipinski definition) is 0. The molecule has 2 saturated heterocycles. The number of carbonyl (C=O) groups is 2. The number of likely N-dealkylation sites (tertiary alicyclic amines) is 2. The van der Waals surface area contributed by atoms with E-state index in [0.29, 0.717) is 11.8 Å². The van der Waals surface area contributed by atoms with Crippen molar-refractivity contribution in [2.45, 2.75) is 71.9 Å². The third kappa shape index (κ3) is 4.85. The van der Waals surface area contributed by atoms with Crippen molar-refractivity contribution < 1.29 is 14.3 Å². The van der Waals surface area contributed by atoms with Crippen LogP contribution in [0.25, 0.3) is 0 Å². The van der Waals surface area contributed by atoms with Gasteiger partial charge in [-0.1, -0.05) is 6.92 Å². The van der Waals surface area contributed by atoms with Crippen LogP contribution in [0.2, 0.25) is 0 Å². The second kappa shape index (κ2) is 7.10. The predicted molar refractivity (Wildman–Crippen MR) is 90.1 cm³/mol. The second-order valence-corrected chi connectivity index (χ2v) is 8.25. The summed E-state index contributed by atoms with van der Waals surface area (Å²) in [6.07, 6.45) is 4.06. The molecule has 132 valence electrons. The first kappa shape index (κ1) is 18.1. The maximum Gasteiger partial charge on any atom is 0.410 e. The highest BCUT2D eigenvalue weighted by atomic mass is 16.6. The zero-order chi connectivity index (χ0) is 17.2. The van der Waals surface area contributed by atoms with Crippen LogP contribution in [0.3, 0.4) is 0 Å². The predicted octanol–water partition coefficient (Wildman–Crippen LogP) is 3.28. The van der Waals surface area contributed by atoms with E-state index >= 15 is 0 Å². The van der Waals surface area contributed by atoms with Crippen molar-refractivity contribution in [3.63, 3.8) is 0 Å². The zero-order valence-corrected chi connectivity index (χ0v) is 15.3. The Morgan fingerprint density at radius 3 is 2.39 bits per heavy atom. The first-order valence-electron chi connectivity index (χ1n) is 8.92. The second-order valence-electron chi connectivity index (χ2n) is 8.25. The summed E-state index contributed by atoms with van der Waals surface area (Å²) in [4.78, 5) is 28.2. The smallest absolute Gasteiger partial charge is 0.410 e. The number of amides is 2. The van der Waals surface area contributed by atoms with Gasteiger partial charge in [0.05, 0.1) is 0 Å². The van der Waals surface area contributed by atoms with E-state index in [1.165, 1.54) is 0 Å². The molecule has 2 amide bonds. The molecule has 2 aliphatic rings. The molecule has 2 heterocycles. The topological polar surface area (TPSA) is 49.9 Å². The fraction of sp³-hybridized carbons (Fsp3) is 0.889. The highest BCUT2D eigenvalue weighted by Crippen LogP contribution is 2.32. The number of nitrogens with zero attached hydrogens (tertiary/aromatic N) is 2. The Kier molecular flexibility index (Phi) is 5.58. The molecule has 0 saturated carbocycles.